The molecule has 2 heteroatoms. The van der Waals surface area contributed by atoms with E-state index in [1.165, 1.54) is 32.1 Å². The molecule has 9 heavy (non-hydrogen) atoms. The van der Waals surface area contributed by atoms with E-state index < -0.39 is 0 Å². The molecule has 0 saturated carbocycles. The second kappa shape index (κ2) is 16.3. The fourth-order valence-electron chi connectivity index (χ4n) is 0.677. The minimum absolute atomic E-state index is 0. The van der Waals surface area contributed by atoms with Gasteiger partial charge in [-0.25, -0.2) is 0 Å². The van der Waals surface area contributed by atoms with Gasteiger partial charge in [0, 0.05) is 0 Å². The van der Waals surface area contributed by atoms with E-state index >= 15 is 0 Å². The van der Waals surface area contributed by atoms with Gasteiger partial charge in [0.25, 0.3) is 0 Å². The van der Waals surface area contributed by atoms with Crippen LogP contribution in [0.1, 0.15) is 46.0 Å². The molecule has 60 valence electrons. The predicted octanol–water partition coefficient (Wildman–Crippen LogP) is 0.0735. The molecule has 0 rings (SSSR count). The van der Waals surface area contributed by atoms with Gasteiger partial charge in [-0.15, -0.1) is 0 Å². The normalized spacial score (nSPS) is 7.33. The van der Waals surface area contributed by atoms with Crippen LogP contribution in [0.2, 0.25) is 0 Å². The van der Waals surface area contributed by atoms with Gasteiger partial charge in [0.05, 0.1) is 0 Å². The molecule has 0 aliphatic heterocycles. The van der Waals surface area contributed by atoms with Crippen molar-refractivity contribution >= 4 is 47.8 Å². The molecule has 0 amide bonds. The molecule has 0 aromatic rings. The van der Waals surface area contributed by atoms with Crippen LogP contribution in [0.5, 0.6) is 0 Å². The minimum atomic E-state index is 0. The van der Waals surface area contributed by atoms with Crippen molar-refractivity contribution in [2.24, 2.45) is 0 Å². The van der Waals surface area contributed by atoms with Gasteiger partial charge in [0.2, 0.25) is 0 Å². The van der Waals surface area contributed by atoms with Crippen molar-refractivity contribution in [2.45, 2.75) is 46.0 Å². The second-order valence-corrected chi connectivity index (χ2v) is 2.06. The third-order valence-corrected chi connectivity index (χ3v) is 1.21. The van der Waals surface area contributed by atoms with E-state index in [1.54, 1.807) is 0 Å². The van der Waals surface area contributed by atoms with Crippen LogP contribution >= 0.6 is 0 Å². The topological polar surface area (TPSA) is 0 Å². The Balaban J connectivity index is -0.000000180. The van der Waals surface area contributed by atoms with Crippen molar-refractivity contribution in [3.63, 3.8) is 0 Å². The van der Waals surface area contributed by atoms with Gasteiger partial charge < -0.3 is 0 Å². The fourth-order valence-corrected chi connectivity index (χ4v) is 0.677. The van der Waals surface area contributed by atoms with Crippen LogP contribution < -0.4 is 0 Å². The maximum absolute atomic E-state index is 2.25. The van der Waals surface area contributed by atoms with E-state index in [1.807, 2.05) is 0 Å². The van der Waals surface area contributed by atoms with Crippen LogP contribution in [0.3, 0.4) is 0 Å². The van der Waals surface area contributed by atoms with Crippen LogP contribution in [0.15, 0.2) is 0 Å². The van der Waals surface area contributed by atoms with Crippen molar-refractivity contribution in [3.05, 3.63) is 0 Å². The molecular weight excluding hydrogens is 321 g/mol. The van der Waals surface area contributed by atoms with E-state index in [0.29, 0.717) is 0 Å². The molecular formula is C7H24Sn2. The summed E-state index contributed by atoms with van der Waals surface area (Å²) in [4.78, 5) is 0. The van der Waals surface area contributed by atoms with Crippen LogP contribution in [0.4, 0.5) is 0 Å². The first kappa shape index (κ1) is 16.9. The Bertz CT molecular complexity index is 26.1. The predicted molar refractivity (Wildman–Crippen MR) is 57.1 cm³/mol. The number of hydrogen-bond donors (Lipinski definition) is 0. The Morgan fingerprint density at radius 2 is 1.00 bits per heavy atom. The Hall–Kier alpha value is 1.60. The Morgan fingerprint density at radius 1 is 0.667 bits per heavy atom. The van der Waals surface area contributed by atoms with E-state index in [0.717, 1.165) is 0 Å². The summed E-state index contributed by atoms with van der Waals surface area (Å²) in [5.74, 6) is 0. The molecule has 0 unspecified atom stereocenters. The third-order valence-electron chi connectivity index (χ3n) is 1.21. The fraction of sp³-hybridized carbons (Fsp3) is 1.00. The summed E-state index contributed by atoms with van der Waals surface area (Å²) in [5, 5.41) is 0. The monoisotopic (exact) mass is 348 g/mol. The summed E-state index contributed by atoms with van der Waals surface area (Å²) in [6.45, 7) is 4.49. The van der Waals surface area contributed by atoms with Crippen molar-refractivity contribution < 1.29 is 0 Å². The Kier molecular flexibility index (Phi) is 30.6. The quantitative estimate of drug-likeness (QED) is 0.500. The molecule has 0 spiro atoms. The van der Waals surface area contributed by atoms with Crippen molar-refractivity contribution in [3.8, 4) is 0 Å². The first-order chi connectivity index (χ1) is 3.41. The van der Waals surface area contributed by atoms with Gasteiger partial charge in [-0.1, -0.05) is 46.0 Å². The van der Waals surface area contributed by atoms with E-state index in [9.17, 15) is 0 Å². The molecule has 0 aromatic carbocycles. The summed E-state index contributed by atoms with van der Waals surface area (Å²) in [6.07, 6.45) is 7.01. The van der Waals surface area contributed by atoms with Gasteiger partial charge >= 0.3 is 47.8 Å². The molecule has 0 nitrogen and oxygen atoms in total. The Morgan fingerprint density at radius 3 is 1.22 bits per heavy atom. The van der Waals surface area contributed by atoms with Crippen LogP contribution in [-0.4, -0.2) is 47.8 Å². The van der Waals surface area contributed by atoms with Crippen molar-refractivity contribution in [1.82, 2.24) is 0 Å². The molecule has 0 N–H and O–H groups in total. The van der Waals surface area contributed by atoms with E-state index in [4.69, 9.17) is 0 Å². The number of hydrogen-bond acceptors (Lipinski definition) is 0. The van der Waals surface area contributed by atoms with Crippen LogP contribution in [0.25, 0.3) is 0 Å². The van der Waals surface area contributed by atoms with Gasteiger partial charge in [0.15, 0.2) is 0 Å². The van der Waals surface area contributed by atoms with Gasteiger partial charge in [0.1, 0.15) is 0 Å². The van der Waals surface area contributed by atoms with E-state index in [2.05, 4.69) is 13.8 Å². The average molecular weight is 346 g/mol. The summed E-state index contributed by atoms with van der Waals surface area (Å²) < 4.78 is 0. The van der Waals surface area contributed by atoms with Crippen molar-refractivity contribution in [1.29, 1.82) is 0 Å². The molecule has 0 bridgehead atoms. The molecule has 0 radical (unpaired) electrons. The SMILES string of the molecule is CCCCCCC.[SnH4].[SnH4]. The average Bonchev–Trinajstić information content (AvgIpc) is 1.69. The maximum atomic E-state index is 2.25. The molecule has 0 aliphatic carbocycles. The van der Waals surface area contributed by atoms with Crippen molar-refractivity contribution in [2.75, 3.05) is 0 Å². The zero-order chi connectivity index (χ0) is 5.54. The number of rotatable bonds is 4. The summed E-state index contributed by atoms with van der Waals surface area (Å²) in [6, 6.07) is 0. The zero-order valence-corrected chi connectivity index (χ0v) is 5.54. The first-order valence-corrected chi connectivity index (χ1v) is 3.41. The van der Waals surface area contributed by atoms with Gasteiger partial charge in [-0.2, -0.15) is 0 Å². The van der Waals surface area contributed by atoms with E-state index in [-0.39, 0.29) is 47.8 Å². The first-order valence-electron chi connectivity index (χ1n) is 3.41. The van der Waals surface area contributed by atoms with Crippen LogP contribution in [-0.2, 0) is 0 Å². The van der Waals surface area contributed by atoms with Gasteiger partial charge in [-0.05, 0) is 0 Å². The molecule has 0 fully saturated rings. The number of unbranched alkanes of at least 4 members (excludes halogenated alkanes) is 4. The molecule has 0 saturated heterocycles. The molecule has 0 aliphatic rings. The third kappa shape index (κ3) is 17.7. The summed E-state index contributed by atoms with van der Waals surface area (Å²) in [7, 11) is 0. The zero-order valence-electron chi connectivity index (χ0n) is 5.54. The molecule has 0 aromatic heterocycles. The summed E-state index contributed by atoms with van der Waals surface area (Å²) in [5.41, 5.74) is 0. The summed E-state index contributed by atoms with van der Waals surface area (Å²) >= 11 is 0. The molecule has 0 atom stereocenters. The standard InChI is InChI=1S/C7H16.2Sn.8H/c1-3-5-7-6-4-2;;;;;;;;;;/h3-7H2,1-2H3;;;;;;;;;;. The van der Waals surface area contributed by atoms with Gasteiger partial charge in [-0.3, -0.25) is 0 Å². The Labute approximate surface area is 93.1 Å². The molecule has 0 heterocycles. The van der Waals surface area contributed by atoms with Crippen LogP contribution in [0, 0.1) is 0 Å². The second-order valence-electron chi connectivity index (χ2n) is 2.06.